The summed E-state index contributed by atoms with van der Waals surface area (Å²) in [5.74, 6) is 1.05. The van der Waals surface area contributed by atoms with Crippen LogP contribution in [-0.4, -0.2) is 16.1 Å². The molecule has 1 N–H and O–H groups in total. The number of anilines is 1. The van der Waals surface area contributed by atoms with E-state index < -0.39 is 0 Å². The first-order valence-electron chi connectivity index (χ1n) is 4.06. The van der Waals surface area contributed by atoms with Crippen molar-refractivity contribution >= 4 is 5.95 Å². The number of hydrogen-bond acceptors (Lipinski definition) is 2. The van der Waals surface area contributed by atoms with Crippen LogP contribution in [0.1, 0.15) is 17.8 Å². The molecule has 0 unspecified atom stereocenters. The first-order chi connectivity index (χ1) is 5.29. The summed E-state index contributed by atoms with van der Waals surface area (Å²) in [4.78, 5) is 4.40. The fourth-order valence-electron chi connectivity index (χ4n) is 1.50. The van der Waals surface area contributed by atoms with Gasteiger partial charge >= 0.3 is 0 Å². The van der Waals surface area contributed by atoms with E-state index in [1.165, 1.54) is 12.1 Å². The second-order valence-corrected chi connectivity index (χ2v) is 3.04. The number of rotatable bonds is 0. The molecule has 0 fully saturated rings. The van der Waals surface area contributed by atoms with Gasteiger partial charge in [-0.15, -0.1) is 0 Å². The molecular weight excluding hydrogens is 138 g/mol. The lowest BCUT2D eigenvalue weighted by Crippen LogP contribution is -2.17. The van der Waals surface area contributed by atoms with E-state index in [1.807, 2.05) is 0 Å². The van der Waals surface area contributed by atoms with E-state index in [9.17, 15) is 0 Å². The minimum Gasteiger partial charge on any atom is -0.356 e. The number of nitrogens with one attached hydrogen (secondary N) is 1. The van der Waals surface area contributed by atoms with Crippen LogP contribution >= 0.6 is 0 Å². The Morgan fingerprint density at radius 2 is 2.27 bits per heavy atom. The third kappa shape index (κ3) is 0.914. The van der Waals surface area contributed by atoms with Gasteiger partial charge in [0.1, 0.15) is 0 Å². The lowest BCUT2D eigenvalue weighted by atomic mass is 10.3. The van der Waals surface area contributed by atoms with E-state index in [2.05, 4.69) is 28.7 Å². The van der Waals surface area contributed by atoms with Gasteiger partial charge in [0.15, 0.2) is 0 Å². The van der Waals surface area contributed by atoms with Gasteiger partial charge in [-0.1, -0.05) is 0 Å². The second-order valence-electron chi connectivity index (χ2n) is 3.04. The van der Waals surface area contributed by atoms with Gasteiger partial charge in [-0.25, -0.2) is 4.98 Å². The molecule has 0 aliphatic carbocycles. The third-order valence-electron chi connectivity index (χ3n) is 2.30. The largest absolute Gasteiger partial charge is 0.356 e. The first-order valence-corrected chi connectivity index (χ1v) is 4.06. The third-order valence-corrected chi connectivity index (χ3v) is 2.30. The van der Waals surface area contributed by atoms with E-state index >= 15 is 0 Å². The lowest BCUT2D eigenvalue weighted by Gasteiger charge is -2.16. The van der Waals surface area contributed by atoms with E-state index in [0.717, 1.165) is 24.7 Å². The molecule has 1 aliphatic heterocycles. The lowest BCUT2D eigenvalue weighted by molar-refractivity contribution is 0.614. The fraction of sp³-hybridized carbons (Fsp3) is 0.625. The molecule has 3 nitrogen and oxygen atoms in total. The molecule has 0 saturated heterocycles. The average Bonchev–Trinajstić information content (AvgIpc) is 2.30. The highest BCUT2D eigenvalue weighted by Gasteiger charge is 2.12. The number of hydrogen-bond donors (Lipinski definition) is 1. The topological polar surface area (TPSA) is 29.9 Å². The Labute approximate surface area is 66.4 Å². The van der Waals surface area contributed by atoms with Crippen LogP contribution in [0, 0.1) is 13.8 Å². The molecule has 2 heterocycles. The monoisotopic (exact) mass is 151 g/mol. The molecule has 0 amide bonds. The Hall–Kier alpha value is -0.990. The first kappa shape index (κ1) is 6.70. The van der Waals surface area contributed by atoms with Crippen LogP contribution in [-0.2, 0) is 6.54 Å². The molecule has 0 atom stereocenters. The van der Waals surface area contributed by atoms with Gasteiger partial charge in [0.05, 0.1) is 5.69 Å². The van der Waals surface area contributed by atoms with Crippen molar-refractivity contribution in [1.82, 2.24) is 9.55 Å². The Balaban J connectivity index is 2.50. The summed E-state index contributed by atoms with van der Waals surface area (Å²) in [5.41, 5.74) is 2.45. The predicted octanol–water partition coefficient (Wildman–Crippen LogP) is 1.32. The van der Waals surface area contributed by atoms with Crippen molar-refractivity contribution in [2.75, 3.05) is 11.9 Å². The Bertz CT molecular complexity index is 275. The summed E-state index contributed by atoms with van der Waals surface area (Å²) in [5, 5.41) is 3.28. The van der Waals surface area contributed by atoms with Crippen LogP contribution in [0.25, 0.3) is 0 Å². The number of nitrogens with zero attached hydrogens (tertiary/aromatic N) is 2. The van der Waals surface area contributed by atoms with E-state index in [-0.39, 0.29) is 0 Å². The van der Waals surface area contributed by atoms with Crippen LogP contribution in [0.5, 0.6) is 0 Å². The molecular formula is C8H13N3. The molecule has 0 spiro atoms. The van der Waals surface area contributed by atoms with E-state index in [1.54, 1.807) is 0 Å². The fourth-order valence-corrected chi connectivity index (χ4v) is 1.50. The molecule has 2 rings (SSSR count). The zero-order valence-corrected chi connectivity index (χ0v) is 7.02. The zero-order chi connectivity index (χ0) is 7.84. The number of imidazole rings is 1. The maximum Gasteiger partial charge on any atom is 0.203 e. The van der Waals surface area contributed by atoms with Crippen molar-refractivity contribution in [2.45, 2.75) is 26.8 Å². The van der Waals surface area contributed by atoms with Gasteiger partial charge in [0.25, 0.3) is 0 Å². The van der Waals surface area contributed by atoms with Gasteiger partial charge in [0, 0.05) is 18.8 Å². The highest BCUT2D eigenvalue weighted by atomic mass is 15.2. The Morgan fingerprint density at radius 1 is 1.45 bits per heavy atom. The highest BCUT2D eigenvalue weighted by Crippen LogP contribution is 2.17. The summed E-state index contributed by atoms with van der Waals surface area (Å²) in [7, 11) is 0. The van der Waals surface area contributed by atoms with Gasteiger partial charge in [0.2, 0.25) is 5.95 Å². The van der Waals surface area contributed by atoms with Crippen LogP contribution in [0.2, 0.25) is 0 Å². The van der Waals surface area contributed by atoms with Crippen LogP contribution < -0.4 is 5.32 Å². The quantitative estimate of drug-likeness (QED) is 0.606. The minimum atomic E-state index is 1.05. The summed E-state index contributed by atoms with van der Waals surface area (Å²) < 4.78 is 2.25. The summed E-state index contributed by atoms with van der Waals surface area (Å²) in [6, 6.07) is 0. The highest BCUT2D eigenvalue weighted by molar-refractivity contribution is 5.34. The van der Waals surface area contributed by atoms with Crippen molar-refractivity contribution in [3.05, 3.63) is 11.4 Å². The van der Waals surface area contributed by atoms with Crippen LogP contribution in [0.3, 0.4) is 0 Å². The van der Waals surface area contributed by atoms with Crippen LogP contribution in [0.15, 0.2) is 0 Å². The summed E-state index contributed by atoms with van der Waals surface area (Å²) in [6.07, 6.45) is 1.21. The molecule has 1 aliphatic rings. The second kappa shape index (κ2) is 2.26. The molecule has 0 radical (unpaired) electrons. The Kier molecular flexibility index (Phi) is 1.37. The minimum absolute atomic E-state index is 1.05. The van der Waals surface area contributed by atoms with Crippen molar-refractivity contribution in [2.24, 2.45) is 0 Å². The molecule has 11 heavy (non-hydrogen) atoms. The predicted molar refractivity (Wildman–Crippen MR) is 44.8 cm³/mol. The number of aromatic nitrogens is 2. The van der Waals surface area contributed by atoms with Crippen molar-refractivity contribution in [3.8, 4) is 0 Å². The van der Waals surface area contributed by atoms with Crippen molar-refractivity contribution in [1.29, 1.82) is 0 Å². The van der Waals surface area contributed by atoms with Crippen LogP contribution in [0.4, 0.5) is 5.95 Å². The van der Waals surface area contributed by atoms with Gasteiger partial charge in [-0.2, -0.15) is 0 Å². The van der Waals surface area contributed by atoms with Crippen molar-refractivity contribution in [3.63, 3.8) is 0 Å². The van der Waals surface area contributed by atoms with Gasteiger partial charge < -0.3 is 9.88 Å². The molecule has 1 aromatic rings. The smallest absolute Gasteiger partial charge is 0.203 e. The normalized spacial score (nSPS) is 15.8. The molecule has 3 heteroatoms. The summed E-state index contributed by atoms with van der Waals surface area (Å²) >= 11 is 0. The van der Waals surface area contributed by atoms with Gasteiger partial charge in [-0.05, 0) is 20.3 Å². The number of fused-ring (bicyclic) bond motifs is 1. The number of aryl methyl sites for hydroxylation is 1. The van der Waals surface area contributed by atoms with E-state index in [4.69, 9.17) is 0 Å². The van der Waals surface area contributed by atoms with Gasteiger partial charge in [-0.3, -0.25) is 0 Å². The molecule has 60 valence electrons. The van der Waals surface area contributed by atoms with E-state index in [0.29, 0.717) is 0 Å². The Morgan fingerprint density at radius 3 is 3.00 bits per heavy atom. The maximum absolute atomic E-state index is 4.40. The molecule has 0 aromatic carbocycles. The average molecular weight is 151 g/mol. The summed E-state index contributed by atoms with van der Waals surface area (Å²) in [6.45, 7) is 6.37. The standard InChI is InChI=1S/C8H13N3/c1-6-7(2)11-5-3-4-9-8(11)10-6/h3-5H2,1-2H3,(H,9,10). The molecule has 1 aromatic heterocycles. The van der Waals surface area contributed by atoms with Crippen molar-refractivity contribution < 1.29 is 0 Å². The zero-order valence-electron chi connectivity index (χ0n) is 7.02. The molecule has 0 saturated carbocycles. The SMILES string of the molecule is Cc1nc2n(c1C)CCCN2. The maximum atomic E-state index is 4.40. The molecule has 0 bridgehead atoms.